The Bertz CT molecular complexity index is 132. The third kappa shape index (κ3) is 1.74. The maximum Gasteiger partial charge on any atom is 0.0675 e. The Balaban J connectivity index is 2.58. The third-order valence-electron chi connectivity index (χ3n) is 2.90. The third-order valence-corrected chi connectivity index (χ3v) is 2.90. The Labute approximate surface area is 68.6 Å². The molecule has 0 aromatic rings. The molecule has 0 bridgehead atoms. The Morgan fingerprint density at radius 3 is 2.36 bits per heavy atom. The van der Waals surface area contributed by atoms with Crippen LogP contribution in [0, 0.1) is 5.92 Å². The van der Waals surface area contributed by atoms with Crippen LogP contribution in [0.25, 0.3) is 0 Å². The minimum atomic E-state index is -0.157. The van der Waals surface area contributed by atoms with Gasteiger partial charge >= 0.3 is 0 Å². The molecule has 2 atom stereocenters. The summed E-state index contributed by atoms with van der Waals surface area (Å²) in [6, 6.07) is 0. The zero-order valence-electron chi connectivity index (χ0n) is 7.63. The molecule has 0 radical (unpaired) electrons. The molecule has 0 saturated heterocycles. The lowest BCUT2D eigenvalue weighted by Gasteiger charge is -2.32. The van der Waals surface area contributed by atoms with E-state index < -0.39 is 0 Å². The van der Waals surface area contributed by atoms with Gasteiger partial charge < -0.3 is 9.84 Å². The van der Waals surface area contributed by atoms with E-state index in [4.69, 9.17) is 4.74 Å². The van der Waals surface area contributed by atoms with Crippen LogP contribution in [0.2, 0.25) is 0 Å². The predicted octanol–water partition coefficient (Wildman–Crippen LogP) is 1.57. The maximum atomic E-state index is 9.58. The fourth-order valence-electron chi connectivity index (χ4n) is 1.90. The van der Waals surface area contributed by atoms with Gasteiger partial charge in [0.05, 0.1) is 11.7 Å². The molecule has 11 heavy (non-hydrogen) atoms. The summed E-state index contributed by atoms with van der Waals surface area (Å²) >= 11 is 0. The summed E-state index contributed by atoms with van der Waals surface area (Å²) in [5.41, 5.74) is -0.157. The molecule has 2 heteroatoms. The second-order valence-electron chi connectivity index (χ2n) is 3.91. The standard InChI is InChI=1S/C9H18O2/c1-9(2,11-3)7-5-4-6-8(7)10/h7-8,10H,4-6H2,1-3H3. The van der Waals surface area contributed by atoms with Crippen molar-refractivity contribution in [2.45, 2.75) is 44.8 Å². The Hall–Kier alpha value is -0.0800. The number of methoxy groups -OCH3 is 1. The van der Waals surface area contributed by atoms with E-state index in [1.54, 1.807) is 7.11 Å². The number of aliphatic hydroxyl groups is 1. The van der Waals surface area contributed by atoms with Gasteiger partial charge in [0.2, 0.25) is 0 Å². The van der Waals surface area contributed by atoms with E-state index in [1.807, 2.05) is 13.8 Å². The largest absolute Gasteiger partial charge is 0.393 e. The normalized spacial score (nSPS) is 32.7. The SMILES string of the molecule is COC(C)(C)C1CCCC1O. The summed E-state index contributed by atoms with van der Waals surface area (Å²) in [5.74, 6) is 0.326. The second-order valence-corrected chi connectivity index (χ2v) is 3.91. The molecule has 2 nitrogen and oxygen atoms in total. The molecular weight excluding hydrogens is 140 g/mol. The summed E-state index contributed by atoms with van der Waals surface area (Å²) in [6.07, 6.45) is 3.03. The number of hydrogen-bond acceptors (Lipinski definition) is 2. The van der Waals surface area contributed by atoms with Gasteiger partial charge in [-0.1, -0.05) is 6.42 Å². The summed E-state index contributed by atoms with van der Waals surface area (Å²) in [6.45, 7) is 4.10. The molecule has 1 rings (SSSR count). The van der Waals surface area contributed by atoms with E-state index in [9.17, 15) is 5.11 Å². The highest BCUT2D eigenvalue weighted by Crippen LogP contribution is 2.35. The van der Waals surface area contributed by atoms with Gasteiger partial charge in [0.25, 0.3) is 0 Å². The van der Waals surface area contributed by atoms with E-state index in [1.165, 1.54) is 0 Å². The molecular formula is C9H18O2. The van der Waals surface area contributed by atoms with Crippen molar-refractivity contribution in [1.82, 2.24) is 0 Å². The van der Waals surface area contributed by atoms with Crippen LogP contribution < -0.4 is 0 Å². The Kier molecular flexibility index (Phi) is 2.55. The minimum absolute atomic E-state index is 0.148. The molecule has 0 aromatic heterocycles. The maximum absolute atomic E-state index is 9.58. The lowest BCUT2D eigenvalue weighted by molar-refractivity contribution is -0.0627. The first-order valence-corrected chi connectivity index (χ1v) is 4.31. The highest BCUT2D eigenvalue weighted by Gasteiger charge is 2.37. The van der Waals surface area contributed by atoms with Crippen molar-refractivity contribution in [3.63, 3.8) is 0 Å². The summed E-state index contributed by atoms with van der Waals surface area (Å²) in [5, 5.41) is 9.58. The van der Waals surface area contributed by atoms with Gasteiger partial charge in [0.1, 0.15) is 0 Å². The van der Waals surface area contributed by atoms with Crippen molar-refractivity contribution in [2.24, 2.45) is 5.92 Å². The highest BCUT2D eigenvalue weighted by atomic mass is 16.5. The van der Waals surface area contributed by atoms with Crippen LogP contribution in [0.3, 0.4) is 0 Å². The van der Waals surface area contributed by atoms with Crippen LogP contribution in [0.4, 0.5) is 0 Å². The highest BCUT2D eigenvalue weighted by molar-refractivity contribution is 4.88. The first-order chi connectivity index (χ1) is 5.08. The summed E-state index contributed by atoms with van der Waals surface area (Å²) in [4.78, 5) is 0. The topological polar surface area (TPSA) is 29.5 Å². The number of rotatable bonds is 2. The van der Waals surface area contributed by atoms with Gasteiger partial charge in [-0.2, -0.15) is 0 Å². The first kappa shape index (κ1) is 9.01. The molecule has 1 aliphatic rings. The average Bonchev–Trinajstić information content (AvgIpc) is 2.36. The smallest absolute Gasteiger partial charge is 0.0675 e. The van der Waals surface area contributed by atoms with Crippen LogP contribution in [0.5, 0.6) is 0 Å². The van der Waals surface area contributed by atoms with Gasteiger partial charge in [-0.25, -0.2) is 0 Å². The van der Waals surface area contributed by atoms with Crippen molar-refractivity contribution >= 4 is 0 Å². The van der Waals surface area contributed by atoms with Gasteiger partial charge in [-0.3, -0.25) is 0 Å². The van der Waals surface area contributed by atoms with E-state index in [-0.39, 0.29) is 11.7 Å². The van der Waals surface area contributed by atoms with E-state index in [2.05, 4.69) is 0 Å². The molecule has 1 aliphatic carbocycles. The van der Waals surface area contributed by atoms with Crippen molar-refractivity contribution in [2.75, 3.05) is 7.11 Å². The fraction of sp³-hybridized carbons (Fsp3) is 1.00. The van der Waals surface area contributed by atoms with Gasteiger partial charge in [0, 0.05) is 13.0 Å². The first-order valence-electron chi connectivity index (χ1n) is 4.31. The lowest BCUT2D eigenvalue weighted by Crippen LogP contribution is -2.37. The van der Waals surface area contributed by atoms with Crippen LogP contribution in [0.15, 0.2) is 0 Å². The predicted molar refractivity (Wildman–Crippen MR) is 44.4 cm³/mol. The van der Waals surface area contributed by atoms with Crippen molar-refractivity contribution in [1.29, 1.82) is 0 Å². The van der Waals surface area contributed by atoms with Crippen molar-refractivity contribution < 1.29 is 9.84 Å². The lowest BCUT2D eigenvalue weighted by atomic mass is 9.88. The van der Waals surface area contributed by atoms with Crippen LogP contribution >= 0.6 is 0 Å². The van der Waals surface area contributed by atoms with Crippen molar-refractivity contribution in [3.8, 4) is 0 Å². The van der Waals surface area contributed by atoms with E-state index in [0.29, 0.717) is 5.92 Å². The molecule has 0 amide bonds. The summed E-state index contributed by atoms with van der Waals surface area (Å²) < 4.78 is 5.33. The molecule has 0 heterocycles. The molecule has 0 spiro atoms. The molecule has 0 aromatic carbocycles. The molecule has 1 saturated carbocycles. The number of aliphatic hydroxyl groups excluding tert-OH is 1. The van der Waals surface area contributed by atoms with E-state index in [0.717, 1.165) is 19.3 Å². The second kappa shape index (κ2) is 3.11. The monoisotopic (exact) mass is 158 g/mol. The molecule has 1 N–H and O–H groups in total. The van der Waals surface area contributed by atoms with Crippen LogP contribution in [0.1, 0.15) is 33.1 Å². The quantitative estimate of drug-likeness (QED) is 0.661. The van der Waals surface area contributed by atoms with Gasteiger partial charge in [-0.15, -0.1) is 0 Å². The summed E-state index contributed by atoms with van der Waals surface area (Å²) in [7, 11) is 1.71. The molecule has 2 unspecified atom stereocenters. The zero-order chi connectivity index (χ0) is 8.48. The van der Waals surface area contributed by atoms with Gasteiger partial charge in [0.15, 0.2) is 0 Å². The van der Waals surface area contributed by atoms with Crippen LogP contribution in [-0.2, 0) is 4.74 Å². The molecule has 66 valence electrons. The van der Waals surface area contributed by atoms with Gasteiger partial charge in [-0.05, 0) is 26.7 Å². The molecule has 1 fully saturated rings. The van der Waals surface area contributed by atoms with Crippen LogP contribution in [-0.4, -0.2) is 23.9 Å². The number of ether oxygens (including phenoxy) is 1. The van der Waals surface area contributed by atoms with Crippen molar-refractivity contribution in [3.05, 3.63) is 0 Å². The average molecular weight is 158 g/mol. The molecule has 0 aliphatic heterocycles. The Morgan fingerprint density at radius 1 is 1.36 bits per heavy atom. The van der Waals surface area contributed by atoms with E-state index >= 15 is 0 Å². The number of hydrogen-bond donors (Lipinski definition) is 1. The minimum Gasteiger partial charge on any atom is -0.393 e. The zero-order valence-corrected chi connectivity index (χ0v) is 7.63. The fourth-order valence-corrected chi connectivity index (χ4v) is 1.90. The Morgan fingerprint density at radius 2 is 2.00 bits per heavy atom.